The van der Waals surface area contributed by atoms with Crippen molar-refractivity contribution >= 4 is 16.8 Å². The second-order valence-electron chi connectivity index (χ2n) is 8.95. The zero-order chi connectivity index (χ0) is 23.3. The van der Waals surface area contributed by atoms with Crippen molar-refractivity contribution in [2.24, 2.45) is 5.92 Å². The van der Waals surface area contributed by atoms with E-state index in [1.54, 1.807) is 0 Å². The number of amides is 1. The third kappa shape index (κ3) is 4.81. The summed E-state index contributed by atoms with van der Waals surface area (Å²) in [6.07, 6.45) is 3.16. The first kappa shape index (κ1) is 22.1. The molecule has 4 aromatic rings. The Balaban J connectivity index is 1.37. The molecule has 0 radical (unpaired) electrons. The van der Waals surface area contributed by atoms with Crippen molar-refractivity contribution in [3.05, 3.63) is 96.1 Å². The lowest BCUT2D eigenvalue weighted by molar-refractivity contribution is 0.0692. The van der Waals surface area contributed by atoms with E-state index >= 15 is 0 Å². The molecular formula is C30H30N2O2. The first-order chi connectivity index (χ1) is 16.7. The average Bonchev–Trinajstić information content (AvgIpc) is 2.89. The molecule has 0 spiro atoms. The van der Waals surface area contributed by atoms with Crippen LogP contribution in [-0.2, 0) is 6.42 Å². The van der Waals surface area contributed by atoms with E-state index in [9.17, 15) is 4.79 Å². The third-order valence-corrected chi connectivity index (χ3v) is 6.68. The summed E-state index contributed by atoms with van der Waals surface area (Å²) in [6, 6.07) is 28.5. The van der Waals surface area contributed by atoms with Crippen LogP contribution in [0.2, 0.25) is 0 Å². The van der Waals surface area contributed by atoms with Crippen LogP contribution in [0, 0.1) is 5.92 Å². The van der Waals surface area contributed by atoms with Gasteiger partial charge in [0.1, 0.15) is 5.75 Å². The molecule has 1 fully saturated rings. The molecule has 1 aliphatic rings. The molecule has 0 bridgehead atoms. The molecule has 1 aromatic heterocycles. The Bertz CT molecular complexity index is 1260. The number of likely N-dealkylation sites (tertiary alicyclic amines) is 1. The number of ether oxygens (including phenoxy) is 1. The lowest BCUT2D eigenvalue weighted by Crippen LogP contribution is -2.39. The maximum Gasteiger partial charge on any atom is 0.254 e. The fraction of sp³-hybridized carbons (Fsp3) is 0.267. The van der Waals surface area contributed by atoms with E-state index in [-0.39, 0.29) is 5.91 Å². The van der Waals surface area contributed by atoms with Gasteiger partial charge in [-0.15, -0.1) is 0 Å². The molecule has 0 aliphatic carbocycles. The zero-order valence-electron chi connectivity index (χ0n) is 19.6. The molecule has 4 heteroatoms. The van der Waals surface area contributed by atoms with Gasteiger partial charge in [0.05, 0.1) is 23.4 Å². The molecular weight excluding hydrogens is 420 g/mol. The number of nitrogens with zero attached hydrogens (tertiary/aromatic N) is 2. The molecule has 34 heavy (non-hydrogen) atoms. The summed E-state index contributed by atoms with van der Waals surface area (Å²) in [6.45, 7) is 4.20. The lowest BCUT2D eigenvalue weighted by atomic mass is 9.90. The number of rotatable bonds is 6. The van der Waals surface area contributed by atoms with Gasteiger partial charge >= 0.3 is 0 Å². The maximum atomic E-state index is 13.7. The second-order valence-corrected chi connectivity index (χ2v) is 8.95. The van der Waals surface area contributed by atoms with Crippen LogP contribution in [-0.4, -0.2) is 35.5 Å². The fourth-order valence-electron chi connectivity index (χ4n) is 4.85. The van der Waals surface area contributed by atoms with E-state index in [1.807, 2.05) is 66.4 Å². The van der Waals surface area contributed by atoms with Crippen LogP contribution in [0.15, 0.2) is 84.9 Å². The number of carbonyl (C=O) groups is 1. The molecule has 0 saturated carbocycles. The highest BCUT2D eigenvalue weighted by atomic mass is 16.5. The normalized spacial score (nSPS) is 14.3. The minimum absolute atomic E-state index is 0.101. The Kier molecular flexibility index (Phi) is 6.57. The van der Waals surface area contributed by atoms with Crippen LogP contribution in [0.5, 0.6) is 5.75 Å². The van der Waals surface area contributed by atoms with Crippen LogP contribution in [0.3, 0.4) is 0 Å². The highest BCUT2D eigenvalue weighted by molar-refractivity contribution is 6.07. The number of benzene rings is 3. The van der Waals surface area contributed by atoms with Crippen LogP contribution < -0.4 is 4.74 Å². The Labute approximate surface area is 201 Å². The van der Waals surface area contributed by atoms with E-state index in [0.29, 0.717) is 12.5 Å². The molecule has 172 valence electrons. The number of carbonyl (C=O) groups excluding carboxylic acids is 1. The Morgan fingerprint density at radius 1 is 0.941 bits per heavy atom. The number of para-hydroxylation sites is 1. The van der Waals surface area contributed by atoms with Gasteiger partial charge in [0.15, 0.2) is 0 Å². The summed E-state index contributed by atoms with van der Waals surface area (Å²) in [7, 11) is 0. The summed E-state index contributed by atoms with van der Waals surface area (Å²) in [5.41, 5.74) is 4.74. The van der Waals surface area contributed by atoms with Crippen molar-refractivity contribution in [3.8, 4) is 17.0 Å². The lowest BCUT2D eigenvalue weighted by Gasteiger charge is -2.32. The highest BCUT2D eigenvalue weighted by Gasteiger charge is 2.25. The van der Waals surface area contributed by atoms with Gasteiger partial charge in [-0.05, 0) is 74.1 Å². The summed E-state index contributed by atoms with van der Waals surface area (Å²) in [5.74, 6) is 1.56. The van der Waals surface area contributed by atoms with Crippen LogP contribution in [0.1, 0.15) is 35.7 Å². The summed E-state index contributed by atoms with van der Waals surface area (Å²) in [5, 5.41) is 0.911. The summed E-state index contributed by atoms with van der Waals surface area (Å²) in [4.78, 5) is 20.6. The highest BCUT2D eigenvalue weighted by Crippen LogP contribution is 2.29. The van der Waals surface area contributed by atoms with E-state index in [4.69, 9.17) is 9.72 Å². The van der Waals surface area contributed by atoms with Crippen LogP contribution >= 0.6 is 0 Å². The zero-order valence-corrected chi connectivity index (χ0v) is 19.6. The summed E-state index contributed by atoms with van der Waals surface area (Å²) < 4.78 is 5.57. The van der Waals surface area contributed by atoms with Crippen LogP contribution in [0.4, 0.5) is 0 Å². The molecule has 0 unspecified atom stereocenters. The molecule has 0 atom stereocenters. The van der Waals surface area contributed by atoms with Crippen molar-refractivity contribution in [1.29, 1.82) is 0 Å². The average molecular weight is 451 g/mol. The molecule has 1 aliphatic heterocycles. The van der Waals surface area contributed by atoms with Crippen molar-refractivity contribution in [3.63, 3.8) is 0 Å². The van der Waals surface area contributed by atoms with E-state index in [2.05, 4.69) is 30.3 Å². The van der Waals surface area contributed by atoms with Crippen molar-refractivity contribution < 1.29 is 9.53 Å². The number of hydrogen-bond acceptors (Lipinski definition) is 3. The SMILES string of the molecule is CCOc1ccc(-c2cc(C(=O)N3CCC(Cc4ccccc4)CC3)c3ccccc3n2)cc1. The van der Waals surface area contributed by atoms with Crippen molar-refractivity contribution in [2.75, 3.05) is 19.7 Å². The largest absolute Gasteiger partial charge is 0.494 e. The number of pyridine rings is 1. The number of piperidine rings is 1. The first-order valence-electron chi connectivity index (χ1n) is 12.2. The van der Waals surface area contributed by atoms with Gasteiger partial charge in [0.2, 0.25) is 0 Å². The van der Waals surface area contributed by atoms with Crippen LogP contribution in [0.25, 0.3) is 22.2 Å². The second kappa shape index (κ2) is 10.1. The molecule has 2 heterocycles. The minimum atomic E-state index is 0.101. The monoisotopic (exact) mass is 450 g/mol. The van der Waals surface area contributed by atoms with Gasteiger partial charge in [-0.2, -0.15) is 0 Å². The van der Waals surface area contributed by atoms with Gasteiger partial charge in [-0.1, -0.05) is 48.5 Å². The van der Waals surface area contributed by atoms with E-state index in [0.717, 1.165) is 65.8 Å². The van der Waals surface area contributed by atoms with E-state index in [1.165, 1.54) is 5.56 Å². The molecule has 1 saturated heterocycles. The summed E-state index contributed by atoms with van der Waals surface area (Å²) >= 11 is 0. The Morgan fingerprint density at radius 2 is 1.65 bits per heavy atom. The fourth-order valence-corrected chi connectivity index (χ4v) is 4.85. The standard InChI is InChI=1S/C30H30N2O2/c1-2-34-25-14-12-24(13-15-25)29-21-27(26-10-6-7-11-28(26)31-29)30(33)32-18-16-23(17-19-32)20-22-8-4-3-5-9-22/h3-15,21,23H,2,16-20H2,1H3. The minimum Gasteiger partial charge on any atom is -0.494 e. The Morgan fingerprint density at radius 3 is 2.38 bits per heavy atom. The predicted octanol–water partition coefficient (Wildman–Crippen LogP) is 6.40. The smallest absolute Gasteiger partial charge is 0.254 e. The maximum absolute atomic E-state index is 13.7. The first-order valence-corrected chi connectivity index (χ1v) is 12.2. The molecule has 3 aromatic carbocycles. The number of hydrogen-bond donors (Lipinski definition) is 0. The predicted molar refractivity (Wildman–Crippen MR) is 137 cm³/mol. The molecule has 1 amide bonds. The quantitative estimate of drug-likeness (QED) is 0.342. The van der Waals surface area contributed by atoms with Gasteiger partial charge in [-0.3, -0.25) is 4.79 Å². The van der Waals surface area contributed by atoms with Crippen molar-refractivity contribution in [1.82, 2.24) is 9.88 Å². The molecule has 4 nitrogen and oxygen atoms in total. The Hall–Kier alpha value is -3.66. The number of fused-ring (bicyclic) bond motifs is 1. The molecule has 5 rings (SSSR count). The number of aromatic nitrogens is 1. The van der Waals surface area contributed by atoms with Crippen molar-refractivity contribution in [2.45, 2.75) is 26.2 Å². The topological polar surface area (TPSA) is 42.4 Å². The van der Waals surface area contributed by atoms with Gasteiger partial charge in [0.25, 0.3) is 5.91 Å². The van der Waals surface area contributed by atoms with Gasteiger partial charge < -0.3 is 9.64 Å². The van der Waals surface area contributed by atoms with Gasteiger partial charge in [-0.25, -0.2) is 4.98 Å². The van der Waals surface area contributed by atoms with Gasteiger partial charge in [0, 0.05) is 24.0 Å². The third-order valence-electron chi connectivity index (χ3n) is 6.68. The molecule has 0 N–H and O–H groups in total. The van der Waals surface area contributed by atoms with E-state index < -0.39 is 0 Å².